The van der Waals surface area contributed by atoms with Gasteiger partial charge < -0.3 is 29.8 Å². The number of pyridine rings is 1. The minimum atomic E-state index is -1.03. The van der Waals surface area contributed by atoms with Gasteiger partial charge in [0.05, 0.1) is 19.3 Å². The monoisotopic (exact) mass is 557 g/mol. The molecule has 0 aliphatic heterocycles. The number of carbonyl (C=O) groups excluding carboxylic acids is 1. The standard InChI is InChI=1S/C28H23N5O6S/c1-37-28(36)24-22(32-26(39-24)17-5-3-2-4-6-17)15-40-27-21(12-30)23(20(11-29)25(31)33-27)16-7-9-19(10-8-16)38-14-18(35)13-34/h2-10,18,34-35H,13-15H2,1H3,(H2,31,33)/t18-/m1/s1. The number of hydrogen-bond acceptors (Lipinski definition) is 12. The summed E-state index contributed by atoms with van der Waals surface area (Å²) < 4.78 is 16.0. The second-order valence-electron chi connectivity index (χ2n) is 8.26. The molecule has 40 heavy (non-hydrogen) atoms. The minimum Gasteiger partial charge on any atom is -0.491 e. The van der Waals surface area contributed by atoms with Crippen LogP contribution in [0.4, 0.5) is 5.82 Å². The minimum absolute atomic E-state index is 0.0355. The zero-order valence-electron chi connectivity index (χ0n) is 21.2. The van der Waals surface area contributed by atoms with Crippen molar-refractivity contribution in [2.45, 2.75) is 16.9 Å². The number of carbonyl (C=O) groups is 1. The summed E-state index contributed by atoms with van der Waals surface area (Å²) in [5.74, 6) is -0.0977. The third kappa shape index (κ3) is 6.06. The third-order valence-corrected chi connectivity index (χ3v) is 6.63. The van der Waals surface area contributed by atoms with Crippen molar-refractivity contribution in [3.05, 3.63) is 77.2 Å². The largest absolute Gasteiger partial charge is 0.491 e. The Hall–Kier alpha value is -4.88. The number of esters is 1. The molecule has 0 saturated heterocycles. The molecule has 0 unspecified atom stereocenters. The number of hydrogen-bond donors (Lipinski definition) is 3. The molecule has 11 nitrogen and oxygen atoms in total. The highest BCUT2D eigenvalue weighted by Crippen LogP contribution is 2.37. The summed E-state index contributed by atoms with van der Waals surface area (Å²) in [5, 5.41) is 38.6. The van der Waals surface area contributed by atoms with Gasteiger partial charge in [0.15, 0.2) is 0 Å². The van der Waals surface area contributed by atoms with Crippen molar-refractivity contribution >= 4 is 23.5 Å². The Balaban J connectivity index is 1.69. The fourth-order valence-corrected chi connectivity index (χ4v) is 4.62. The Kier molecular flexibility index (Phi) is 8.99. The Morgan fingerprint density at radius 3 is 2.40 bits per heavy atom. The van der Waals surface area contributed by atoms with E-state index in [-0.39, 0.29) is 51.7 Å². The number of aromatic nitrogens is 2. The van der Waals surface area contributed by atoms with Crippen LogP contribution >= 0.6 is 11.8 Å². The number of nitrogens with two attached hydrogens (primary N) is 1. The number of oxazole rings is 1. The second-order valence-corrected chi connectivity index (χ2v) is 9.23. The van der Waals surface area contributed by atoms with Crippen molar-refractivity contribution in [3.8, 4) is 40.5 Å². The van der Waals surface area contributed by atoms with Crippen LogP contribution in [0.3, 0.4) is 0 Å². The van der Waals surface area contributed by atoms with Crippen molar-refractivity contribution in [1.29, 1.82) is 10.5 Å². The van der Waals surface area contributed by atoms with Crippen LogP contribution in [0.1, 0.15) is 27.4 Å². The number of nitrogen functional groups attached to an aromatic ring is 1. The van der Waals surface area contributed by atoms with E-state index in [1.807, 2.05) is 24.3 Å². The average molecular weight is 558 g/mol. The molecule has 2 aromatic heterocycles. The van der Waals surface area contributed by atoms with E-state index in [1.54, 1.807) is 36.4 Å². The summed E-state index contributed by atoms with van der Waals surface area (Å²) in [6.07, 6.45) is -1.03. The summed E-state index contributed by atoms with van der Waals surface area (Å²) >= 11 is 1.11. The first-order chi connectivity index (χ1) is 19.4. The number of ether oxygens (including phenoxy) is 2. The molecule has 0 saturated carbocycles. The second kappa shape index (κ2) is 12.8. The van der Waals surface area contributed by atoms with Crippen molar-refractivity contribution in [1.82, 2.24) is 9.97 Å². The molecule has 0 spiro atoms. The SMILES string of the molecule is COC(=O)c1oc(-c2ccccc2)nc1CSc1nc(N)c(C#N)c(-c2ccc(OC[C@H](O)CO)cc2)c1C#N. The molecule has 4 rings (SSSR count). The zero-order chi connectivity index (χ0) is 28.6. The van der Waals surface area contributed by atoms with E-state index in [4.69, 9.17) is 24.7 Å². The van der Waals surface area contributed by atoms with Gasteiger partial charge in [-0.25, -0.2) is 14.8 Å². The van der Waals surface area contributed by atoms with Crippen molar-refractivity contribution in [2.24, 2.45) is 0 Å². The summed E-state index contributed by atoms with van der Waals surface area (Å²) in [6.45, 7) is -0.539. The van der Waals surface area contributed by atoms with Crippen molar-refractivity contribution in [3.63, 3.8) is 0 Å². The van der Waals surface area contributed by atoms with Crippen molar-refractivity contribution < 1.29 is 28.9 Å². The van der Waals surface area contributed by atoms with Crippen LogP contribution < -0.4 is 10.5 Å². The highest BCUT2D eigenvalue weighted by atomic mass is 32.2. The summed E-state index contributed by atoms with van der Waals surface area (Å²) in [7, 11) is 1.23. The van der Waals surface area contributed by atoms with E-state index in [2.05, 4.69) is 16.0 Å². The highest BCUT2D eigenvalue weighted by Gasteiger charge is 2.25. The van der Waals surface area contributed by atoms with Gasteiger partial charge in [-0.2, -0.15) is 10.5 Å². The quantitative estimate of drug-likeness (QED) is 0.190. The lowest BCUT2D eigenvalue weighted by molar-refractivity contribution is 0.0536. The van der Waals surface area contributed by atoms with E-state index >= 15 is 0 Å². The smallest absolute Gasteiger partial charge is 0.376 e. The Bertz CT molecular complexity index is 1590. The van der Waals surface area contributed by atoms with Gasteiger partial charge in [0.1, 0.15) is 52.7 Å². The first kappa shape index (κ1) is 28.1. The van der Waals surface area contributed by atoms with Gasteiger partial charge in [0.2, 0.25) is 11.7 Å². The highest BCUT2D eigenvalue weighted by molar-refractivity contribution is 7.98. The molecule has 4 N–H and O–H groups in total. The molecule has 0 aliphatic rings. The first-order valence-electron chi connectivity index (χ1n) is 11.8. The number of benzene rings is 2. The molecular weight excluding hydrogens is 534 g/mol. The molecule has 2 heterocycles. The normalized spacial score (nSPS) is 11.3. The molecule has 0 aliphatic carbocycles. The van der Waals surface area contributed by atoms with E-state index in [0.29, 0.717) is 22.4 Å². The van der Waals surface area contributed by atoms with E-state index in [0.717, 1.165) is 11.8 Å². The molecule has 0 fully saturated rings. The molecule has 1 atom stereocenters. The Morgan fingerprint density at radius 2 is 1.77 bits per heavy atom. The van der Waals surface area contributed by atoms with Gasteiger partial charge in [0, 0.05) is 16.9 Å². The lowest BCUT2D eigenvalue weighted by atomic mass is 9.97. The lowest BCUT2D eigenvalue weighted by Gasteiger charge is -2.14. The predicted molar refractivity (Wildman–Crippen MR) is 145 cm³/mol. The maximum Gasteiger partial charge on any atom is 0.376 e. The van der Waals surface area contributed by atoms with Crippen LogP contribution in [-0.2, 0) is 10.5 Å². The Morgan fingerprint density at radius 1 is 1.07 bits per heavy atom. The molecular formula is C28H23N5O6S. The van der Waals surface area contributed by atoms with Crippen LogP contribution in [0, 0.1) is 22.7 Å². The van der Waals surface area contributed by atoms with Gasteiger partial charge in [-0.15, -0.1) is 0 Å². The third-order valence-electron chi connectivity index (χ3n) is 5.65. The number of nitriles is 2. The van der Waals surface area contributed by atoms with Crippen LogP contribution in [0.5, 0.6) is 5.75 Å². The average Bonchev–Trinajstić information content (AvgIpc) is 3.43. The molecule has 0 amide bonds. The summed E-state index contributed by atoms with van der Waals surface area (Å²) in [5.41, 5.74) is 8.05. The van der Waals surface area contributed by atoms with Crippen LogP contribution in [0.2, 0.25) is 0 Å². The van der Waals surface area contributed by atoms with Gasteiger partial charge in [-0.1, -0.05) is 42.1 Å². The molecule has 12 heteroatoms. The number of aliphatic hydroxyl groups excluding tert-OH is 2. The maximum atomic E-state index is 12.4. The Labute approximate surface area is 233 Å². The van der Waals surface area contributed by atoms with E-state index in [9.17, 15) is 20.4 Å². The predicted octanol–water partition coefficient (Wildman–Crippen LogP) is 3.54. The molecule has 0 radical (unpaired) electrons. The number of thioether (sulfide) groups is 1. The fraction of sp³-hybridized carbons (Fsp3) is 0.179. The number of anilines is 1. The van der Waals surface area contributed by atoms with E-state index in [1.165, 1.54) is 7.11 Å². The summed E-state index contributed by atoms with van der Waals surface area (Å²) in [6, 6.07) is 19.7. The van der Waals surface area contributed by atoms with Gasteiger partial charge >= 0.3 is 5.97 Å². The molecule has 4 aromatic rings. The summed E-state index contributed by atoms with van der Waals surface area (Å²) in [4.78, 5) is 21.2. The fourth-order valence-electron chi connectivity index (χ4n) is 3.70. The lowest BCUT2D eigenvalue weighted by Crippen LogP contribution is -2.21. The van der Waals surface area contributed by atoms with Gasteiger partial charge in [-0.3, -0.25) is 0 Å². The first-order valence-corrected chi connectivity index (χ1v) is 12.8. The number of nitrogens with zero attached hydrogens (tertiary/aromatic N) is 4. The van der Waals surface area contributed by atoms with Crippen LogP contribution in [0.25, 0.3) is 22.6 Å². The molecule has 202 valence electrons. The number of rotatable bonds is 10. The van der Waals surface area contributed by atoms with Gasteiger partial charge in [0.25, 0.3) is 0 Å². The topological polar surface area (TPSA) is 189 Å². The number of aliphatic hydroxyl groups is 2. The van der Waals surface area contributed by atoms with Crippen LogP contribution in [-0.4, -0.2) is 52.6 Å². The van der Waals surface area contributed by atoms with Gasteiger partial charge in [-0.05, 0) is 29.8 Å². The number of methoxy groups -OCH3 is 1. The van der Waals surface area contributed by atoms with Crippen LogP contribution in [0.15, 0.2) is 64.0 Å². The molecule has 0 bridgehead atoms. The maximum absolute atomic E-state index is 12.4. The molecule has 2 aromatic carbocycles. The zero-order valence-corrected chi connectivity index (χ0v) is 22.0. The van der Waals surface area contributed by atoms with E-state index < -0.39 is 18.7 Å². The van der Waals surface area contributed by atoms with Crippen molar-refractivity contribution in [2.75, 3.05) is 26.1 Å².